The molecule has 4 N–H and O–H groups in total. The average Bonchev–Trinajstić information content (AvgIpc) is 3.55. The van der Waals surface area contributed by atoms with Crippen molar-refractivity contribution in [2.45, 2.75) is 56.5 Å². The molecule has 10 nitrogen and oxygen atoms in total. The number of nitrogens with zero attached hydrogens (tertiary/aromatic N) is 3. The van der Waals surface area contributed by atoms with Crippen molar-refractivity contribution in [1.82, 2.24) is 30.7 Å². The monoisotopic (exact) mass is 505 g/mol. The van der Waals surface area contributed by atoms with Gasteiger partial charge in [-0.25, -0.2) is 9.78 Å². The van der Waals surface area contributed by atoms with Crippen LogP contribution in [0.3, 0.4) is 0 Å². The third-order valence-electron chi connectivity index (χ3n) is 6.61. The number of rotatable bonds is 5. The van der Waals surface area contributed by atoms with E-state index in [-0.39, 0.29) is 23.8 Å². The number of hydrogen-bond donors (Lipinski definition) is 4. The molecule has 0 aromatic carbocycles. The molecule has 4 heterocycles. The summed E-state index contributed by atoms with van der Waals surface area (Å²) in [4.78, 5) is 45.9. The smallest absolute Gasteiger partial charge is 0.366 e. The zero-order valence-electron chi connectivity index (χ0n) is 19.4. The molecule has 1 aliphatic carbocycles. The van der Waals surface area contributed by atoms with Crippen LogP contribution in [-0.4, -0.2) is 76.1 Å². The van der Waals surface area contributed by atoms with E-state index in [0.717, 1.165) is 19.8 Å². The van der Waals surface area contributed by atoms with Crippen LogP contribution in [0, 0.1) is 0 Å². The van der Waals surface area contributed by atoms with Gasteiger partial charge in [0.05, 0.1) is 11.7 Å². The van der Waals surface area contributed by atoms with Gasteiger partial charge in [0.1, 0.15) is 23.7 Å². The maximum Gasteiger partial charge on any atom is 0.408 e. The van der Waals surface area contributed by atoms with Gasteiger partial charge in [-0.2, -0.15) is 13.2 Å². The SMILES string of the molecule is C[C@@H](NC(=O)C1C=CC2=C(N1)N(C(=O)Nc1cc(C(=O)NC3CC3)ccn1)[C@H]1CCN2C1)C(F)(F)F. The average molecular weight is 506 g/mol. The fraction of sp³-hybridized carbons (Fsp3) is 0.478. The fourth-order valence-electron chi connectivity index (χ4n) is 4.45. The Kier molecular flexibility index (Phi) is 6.00. The molecule has 5 rings (SSSR count). The van der Waals surface area contributed by atoms with Crippen LogP contribution >= 0.6 is 0 Å². The van der Waals surface area contributed by atoms with E-state index in [2.05, 4.69) is 25.8 Å². The predicted molar refractivity (Wildman–Crippen MR) is 122 cm³/mol. The van der Waals surface area contributed by atoms with Crippen LogP contribution in [0.1, 0.15) is 36.5 Å². The summed E-state index contributed by atoms with van der Waals surface area (Å²) in [5, 5.41) is 10.5. The molecule has 1 saturated heterocycles. The number of amides is 4. The van der Waals surface area contributed by atoms with Crippen LogP contribution < -0.4 is 21.3 Å². The van der Waals surface area contributed by atoms with Crippen molar-refractivity contribution >= 4 is 23.7 Å². The Bertz CT molecular complexity index is 1150. The van der Waals surface area contributed by atoms with Crippen molar-refractivity contribution < 1.29 is 27.6 Å². The topological polar surface area (TPSA) is 119 Å². The van der Waals surface area contributed by atoms with E-state index in [9.17, 15) is 27.6 Å². The van der Waals surface area contributed by atoms with Gasteiger partial charge in [-0.3, -0.25) is 19.8 Å². The molecule has 2 bridgehead atoms. The van der Waals surface area contributed by atoms with Crippen LogP contribution in [-0.2, 0) is 4.79 Å². The first-order valence-electron chi connectivity index (χ1n) is 11.8. The molecule has 3 aliphatic heterocycles. The number of alkyl halides is 3. The van der Waals surface area contributed by atoms with Gasteiger partial charge in [0.2, 0.25) is 5.91 Å². The number of carbonyl (C=O) groups excluding carboxylic acids is 3. The van der Waals surface area contributed by atoms with Crippen LogP contribution in [0.5, 0.6) is 0 Å². The molecule has 4 amide bonds. The second kappa shape index (κ2) is 9.03. The first-order chi connectivity index (χ1) is 17.1. The van der Waals surface area contributed by atoms with Crippen LogP contribution in [0.25, 0.3) is 0 Å². The summed E-state index contributed by atoms with van der Waals surface area (Å²) in [6.45, 7) is 2.14. The van der Waals surface area contributed by atoms with Gasteiger partial charge in [0, 0.05) is 30.9 Å². The molecule has 3 atom stereocenters. The van der Waals surface area contributed by atoms with E-state index in [0.29, 0.717) is 36.6 Å². The third kappa shape index (κ3) is 4.82. The Hall–Kier alpha value is -3.77. The number of hydrogen-bond acceptors (Lipinski definition) is 6. The summed E-state index contributed by atoms with van der Waals surface area (Å²) in [7, 11) is 0. The van der Waals surface area contributed by atoms with Crippen molar-refractivity contribution in [1.29, 1.82) is 0 Å². The van der Waals surface area contributed by atoms with Crippen molar-refractivity contribution in [3.8, 4) is 0 Å². The third-order valence-corrected chi connectivity index (χ3v) is 6.61. The van der Waals surface area contributed by atoms with Gasteiger partial charge in [0.25, 0.3) is 5.91 Å². The molecule has 192 valence electrons. The second-order valence-electron chi connectivity index (χ2n) is 9.35. The van der Waals surface area contributed by atoms with Crippen molar-refractivity contribution in [2.75, 3.05) is 18.4 Å². The Labute approximate surface area is 205 Å². The number of carbonyl (C=O) groups is 3. The number of nitrogens with one attached hydrogen (secondary N) is 4. The standard InChI is InChI=1S/C23H26F3N7O3/c1-12(23(24,25)26)28-21(35)16-4-5-17-19(30-16)33(15-7-9-32(17)11-15)22(36)31-18-10-13(6-8-27-18)20(34)29-14-2-3-14/h4-6,8,10,12,14-16,30H,2-3,7,9,11H2,1H3,(H,28,35)(H,29,34)(H,27,31,36)/t12-,15+,16?/m1/s1. The van der Waals surface area contributed by atoms with E-state index < -0.39 is 30.2 Å². The zero-order chi connectivity index (χ0) is 25.6. The second-order valence-corrected chi connectivity index (χ2v) is 9.35. The molecule has 1 saturated carbocycles. The van der Waals surface area contributed by atoms with Gasteiger partial charge in [0.15, 0.2) is 0 Å². The number of anilines is 1. The maximum absolute atomic E-state index is 13.4. The van der Waals surface area contributed by atoms with Gasteiger partial charge in [-0.05, 0) is 44.4 Å². The molecule has 4 aliphatic rings. The van der Waals surface area contributed by atoms with E-state index in [4.69, 9.17) is 0 Å². The van der Waals surface area contributed by atoms with Crippen molar-refractivity contribution in [3.63, 3.8) is 0 Å². The van der Waals surface area contributed by atoms with Gasteiger partial charge < -0.3 is 20.9 Å². The number of aromatic nitrogens is 1. The zero-order valence-corrected chi connectivity index (χ0v) is 19.4. The quantitative estimate of drug-likeness (QED) is 0.484. The van der Waals surface area contributed by atoms with E-state index in [1.807, 2.05) is 5.32 Å². The van der Waals surface area contributed by atoms with E-state index >= 15 is 0 Å². The summed E-state index contributed by atoms with van der Waals surface area (Å²) in [5.41, 5.74) is 1.05. The summed E-state index contributed by atoms with van der Waals surface area (Å²) in [6.07, 6.45) is 2.56. The van der Waals surface area contributed by atoms with Crippen molar-refractivity contribution in [2.24, 2.45) is 0 Å². The van der Waals surface area contributed by atoms with Gasteiger partial charge in [-0.15, -0.1) is 0 Å². The number of fused-ring (bicyclic) bond motifs is 3. The minimum absolute atomic E-state index is 0.183. The van der Waals surface area contributed by atoms with Gasteiger partial charge in [-0.1, -0.05) is 6.08 Å². The normalized spacial score (nSPS) is 23.6. The highest BCUT2D eigenvalue weighted by molar-refractivity contribution is 5.97. The molecule has 0 radical (unpaired) electrons. The molecular formula is C23H26F3N7O3. The first kappa shape index (κ1) is 23.9. The summed E-state index contributed by atoms with van der Waals surface area (Å²) < 4.78 is 38.7. The highest BCUT2D eigenvalue weighted by Crippen LogP contribution is 2.33. The highest BCUT2D eigenvalue weighted by Gasteiger charge is 2.43. The number of halogens is 3. The van der Waals surface area contributed by atoms with Gasteiger partial charge >= 0.3 is 12.2 Å². The molecule has 36 heavy (non-hydrogen) atoms. The van der Waals surface area contributed by atoms with Crippen LogP contribution in [0.2, 0.25) is 0 Å². The predicted octanol–water partition coefficient (Wildman–Crippen LogP) is 1.66. The molecule has 13 heteroatoms. The maximum atomic E-state index is 13.4. The van der Waals surface area contributed by atoms with Crippen molar-refractivity contribution in [3.05, 3.63) is 47.6 Å². The lowest BCUT2D eigenvalue weighted by molar-refractivity contribution is -0.158. The number of dihydropyridines is 1. The highest BCUT2D eigenvalue weighted by atomic mass is 19.4. The number of allylic oxidation sites excluding steroid dienone is 1. The molecule has 2 fully saturated rings. The Morgan fingerprint density at radius 1 is 1.22 bits per heavy atom. The molecular weight excluding hydrogens is 479 g/mol. The lowest BCUT2D eigenvalue weighted by Gasteiger charge is -2.41. The summed E-state index contributed by atoms with van der Waals surface area (Å²) in [5.74, 6) is -0.574. The lowest BCUT2D eigenvalue weighted by atomic mass is 10.1. The summed E-state index contributed by atoms with van der Waals surface area (Å²) in [6, 6.07) is -0.607. The number of pyridine rings is 1. The Morgan fingerprint density at radius 2 is 2.00 bits per heavy atom. The Balaban J connectivity index is 1.32. The minimum Gasteiger partial charge on any atom is -0.366 e. The van der Waals surface area contributed by atoms with E-state index in [1.54, 1.807) is 12.1 Å². The lowest BCUT2D eigenvalue weighted by Crippen LogP contribution is -2.57. The molecule has 1 aromatic rings. The van der Waals surface area contributed by atoms with Crippen LogP contribution in [0.4, 0.5) is 23.8 Å². The summed E-state index contributed by atoms with van der Waals surface area (Å²) >= 11 is 0. The van der Waals surface area contributed by atoms with Crippen LogP contribution in [0.15, 0.2) is 42.0 Å². The fourth-order valence-corrected chi connectivity index (χ4v) is 4.45. The first-order valence-corrected chi connectivity index (χ1v) is 11.8. The molecule has 0 spiro atoms. The molecule has 1 aromatic heterocycles. The molecule has 1 unspecified atom stereocenters. The minimum atomic E-state index is -4.57. The van der Waals surface area contributed by atoms with E-state index in [1.165, 1.54) is 23.2 Å². The largest absolute Gasteiger partial charge is 0.408 e. The Morgan fingerprint density at radius 3 is 2.72 bits per heavy atom. The number of urea groups is 1.